The second-order valence-electron chi connectivity index (χ2n) is 3.74. The molecule has 0 aliphatic heterocycles. The third-order valence-corrected chi connectivity index (χ3v) is 3.38. The van der Waals surface area contributed by atoms with E-state index in [1.54, 1.807) is 18.2 Å². The number of nitrogens with zero attached hydrogens (tertiary/aromatic N) is 1. The van der Waals surface area contributed by atoms with Crippen molar-refractivity contribution >= 4 is 15.9 Å². The Morgan fingerprint density at radius 2 is 2.12 bits per heavy atom. The van der Waals surface area contributed by atoms with Gasteiger partial charge in [0.2, 0.25) is 0 Å². The normalized spacial score (nSPS) is 26.8. The zero-order valence-electron chi connectivity index (χ0n) is 8.70. The molecule has 1 aromatic rings. The molecule has 0 amide bonds. The van der Waals surface area contributed by atoms with Gasteiger partial charge in [-0.2, -0.15) is 5.26 Å². The number of benzene rings is 1. The molecule has 0 radical (unpaired) electrons. The van der Waals surface area contributed by atoms with Crippen LogP contribution in [0, 0.1) is 17.1 Å². The topological polar surface area (TPSA) is 23.8 Å². The molecule has 0 aromatic heterocycles. The minimum Gasteiger partial charge on any atom is -0.226 e. The molecule has 1 nitrogen and oxygen atoms in total. The summed E-state index contributed by atoms with van der Waals surface area (Å²) in [7, 11) is 0. The molecule has 17 heavy (non-hydrogen) atoms. The van der Waals surface area contributed by atoms with Crippen LogP contribution < -0.4 is 0 Å². The molecule has 0 spiro atoms. The molecule has 0 saturated heterocycles. The average Bonchev–Trinajstić information content (AvgIpc) is 2.29. The van der Waals surface area contributed by atoms with E-state index in [4.69, 9.17) is 5.26 Å². The van der Waals surface area contributed by atoms with Crippen molar-refractivity contribution in [1.82, 2.24) is 0 Å². The van der Waals surface area contributed by atoms with Crippen LogP contribution in [-0.2, 0) is 0 Å². The van der Waals surface area contributed by atoms with Crippen LogP contribution >= 0.6 is 15.9 Å². The number of hydrogen-bond acceptors (Lipinski definition) is 1. The summed E-state index contributed by atoms with van der Waals surface area (Å²) in [6, 6.07) is 5.67. The van der Waals surface area contributed by atoms with Crippen LogP contribution in [-0.4, -0.2) is 4.58 Å². The molecule has 86 valence electrons. The Morgan fingerprint density at radius 1 is 1.35 bits per heavy atom. The highest BCUT2D eigenvalue weighted by atomic mass is 79.9. The first-order valence-electron chi connectivity index (χ1n) is 4.98. The van der Waals surface area contributed by atoms with Crippen molar-refractivity contribution in [3.8, 4) is 6.07 Å². The molecule has 0 fully saturated rings. The summed E-state index contributed by atoms with van der Waals surface area (Å²) in [5.41, 5.74) is 0.616. The zero-order chi connectivity index (χ0) is 12.5. The lowest BCUT2D eigenvalue weighted by Crippen LogP contribution is -2.22. The van der Waals surface area contributed by atoms with E-state index < -0.39 is 16.3 Å². The van der Waals surface area contributed by atoms with Crippen LogP contribution in [0.3, 0.4) is 0 Å². The molecule has 0 bridgehead atoms. The van der Waals surface area contributed by atoms with E-state index in [1.165, 1.54) is 18.2 Å². The summed E-state index contributed by atoms with van der Waals surface area (Å²) >= 11 is 2.97. The van der Waals surface area contributed by atoms with Crippen molar-refractivity contribution in [2.75, 3.05) is 0 Å². The molecule has 4 heteroatoms. The number of nitriles is 1. The van der Waals surface area contributed by atoms with Crippen molar-refractivity contribution < 1.29 is 8.78 Å². The van der Waals surface area contributed by atoms with Crippen molar-refractivity contribution in [2.24, 2.45) is 0 Å². The van der Waals surface area contributed by atoms with Gasteiger partial charge in [0, 0.05) is 0 Å². The Morgan fingerprint density at radius 3 is 2.76 bits per heavy atom. The standard InChI is InChI=1S/C13H8BrF2N/c14-13(16)6-2-1-3-12(13)11-5-4-10(15)7-9(11)8-17/h1-7,12H. The highest BCUT2D eigenvalue weighted by Gasteiger charge is 2.35. The summed E-state index contributed by atoms with van der Waals surface area (Å²) in [5.74, 6) is -1.14. The largest absolute Gasteiger partial charge is 0.226 e. The Kier molecular flexibility index (Phi) is 3.12. The van der Waals surface area contributed by atoms with Crippen molar-refractivity contribution in [2.45, 2.75) is 10.5 Å². The lowest BCUT2D eigenvalue weighted by Gasteiger charge is -2.26. The Bertz CT molecular complexity index is 541. The van der Waals surface area contributed by atoms with E-state index in [1.807, 2.05) is 6.07 Å². The molecule has 1 aliphatic rings. The third-order valence-electron chi connectivity index (χ3n) is 2.62. The molecular weight excluding hydrogens is 288 g/mol. The van der Waals surface area contributed by atoms with Gasteiger partial charge < -0.3 is 0 Å². The number of alkyl halides is 2. The van der Waals surface area contributed by atoms with Crippen molar-refractivity contribution in [1.29, 1.82) is 5.26 Å². The maximum absolute atomic E-state index is 14.2. The Balaban J connectivity index is 2.51. The minimum atomic E-state index is -1.74. The van der Waals surface area contributed by atoms with Gasteiger partial charge in [0.15, 0.2) is 4.58 Å². The molecule has 2 atom stereocenters. The second-order valence-corrected chi connectivity index (χ2v) is 4.95. The van der Waals surface area contributed by atoms with Gasteiger partial charge in [-0.1, -0.05) is 24.3 Å². The first-order valence-corrected chi connectivity index (χ1v) is 5.77. The fourth-order valence-corrected chi connectivity index (χ4v) is 2.35. The van der Waals surface area contributed by atoms with E-state index in [0.29, 0.717) is 5.56 Å². The van der Waals surface area contributed by atoms with E-state index in [-0.39, 0.29) is 5.56 Å². The molecule has 1 aliphatic carbocycles. The lowest BCUT2D eigenvalue weighted by molar-refractivity contribution is 0.335. The molecule has 0 heterocycles. The van der Waals surface area contributed by atoms with Crippen molar-refractivity contribution in [3.05, 3.63) is 59.4 Å². The number of halogens is 3. The van der Waals surface area contributed by atoms with Gasteiger partial charge in [0.05, 0.1) is 17.6 Å². The van der Waals surface area contributed by atoms with E-state index in [2.05, 4.69) is 15.9 Å². The minimum absolute atomic E-state index is 0.149. The van der Waals surface area contributed by atoms with Gasteiger partial charge in [-0.3, -0.25) is 0 Å². The quantitative estimate of drug-likeness (QED) is 0.719. The fraction of sp³-hybridized carbons (Fsp3) is 0.154. The summed E-state index contributed by atoms with van der Waals surface area (Å²) in [6.45, 7) is 0. The van der Waals surface area contributed by atoms with Crippen LogP contribution in [0.15, 0.2) is 42.5 Å². The van der Waals surface area contributed by atoms with Gasteiger partial charge in [-0.05, 0) is 39.7 Å². The average molecular weight is 296 g/mol. The highest BCUT2D eigenvalue weighted by Crippen LogP contribution is 2.42. The molecule has 1 aromatic carbocycles. The molecule has 2 rings (SSSR count). The maximum atomic E-state index is 14.2. The number of allylic oxidation sites excluding steroid dienone is 4. The summed E-state index contributed by atoms with van der Waals surface area (Å²) in [6.07, 6.45) is 6.29. The Hall–Kier alpha value is -1.47. The second kappa shape index (κ2) is 4.42. The SMILES string of the molecule is N#Cc1cc(F)ccc1C1C=CC=CC1(F)Br. The zero-order valence-corrected chi connectivity index (χ0v) is 10.3. The monoisotopic (exact) mass is 295 g/mol. The van der Waals surface area contributed by atoms with Gasteiger partial charge in [0.1, 0.15) is 5.82 Å². The predicted octanol–water partition coefficient (Wildman–Crippen LogP) is 3.97. The fourth-order valence-electron chi connectivity index (χ4n) is 1.80. The van der Waals surface area contributed by atoms with Gasteiger partial charge in [-0.15, -0.1) is 0 Å². The predicted molar refractivity (Wildman–Crippen MR) is 64.9 cm³/mol. The highest BCUT2D eigenvalue weighted by molar-refractivity contribution is 9.10. The van der Waals surface area contributed by atoms with E-state index in [9.17, 15) is 8.78 Å². The summed E-state index contributed by atoms with van der Waals surface area (Å²) in [4.78, 5) is 0. The smallest absolute Gasteiger partial charge is 0.193 e. The lowest BCUT2D eigenvalue weighted by atomic mass is 9.88. The van der Waals surface area contributed by atoms with Gasteiger partial charge >= 0.3 is 0 Å². The number of rotatable bonds is 1. The molecular formula is C13H8BrF2N. The van der Waals surface area contributed by atoms with Crippen LogP contribution in [0.2, 0.25) is 0 Å². The van der Waals surface area contributed by atoms with Gasteiger partial charge in [-0.25, -0.2) is 8.78 Å². The molecule has 2 unspecified atom stereocenters. The van der Waals surface area contributed by atoms with Crippen LogP contribution in [0.5, 0.6) is 0 Å². The van der Waals surface area contributed by atoms with Crippen LogP contribution in [0.25, 0.3) is 0 Å². The maximum Gasteiger partial charge on any atom is 0.193 e. The molecule has 0 saturated carbocycles. The van der Waals surface area contributed by atoms with Crippen LogP contribution in [0.4, 0.5) is 8.78 Å². The van der Waals surface area contributed by atoms with Gasteiger partial charge in [0.25, 0.3) is 0 Å². The van der Waals surface area contributed by atoms with Crippen LogP contribution in [0.1, 0.15) is 17.0 Å². The first-order chi connectivity index (χ1) is 8.04. The Labute approximate surface area is 106 Å². The molecule has 0 N–H and O–H groups in total. The summed E-state index contributed by atoms with van der Waals surface area (Å²) in [5, 5.41) is 8.95. The number of hydrogen-bond donors (Lipinski definition) is 0. The van der Waals surface area contributed by atoms with E-state index >= 15 is 0 Å². The summed E-state index contributed by atoms with van der Waals surface area (Å²) < 4.78 is 25.5. The van der Waals surface area contributed by atoms with Crippen molar-refractivity contribution in [3.63, 3.8) is 0 Å². The first kappa shape index (κ1) is 12.0. The van der Waals surface area contributed by atoms with E-state index in [0.717, 1.165) is 6.07 Å². The third kappa shape index (κ3) is 2.29.